The molecule has 20 heavy (non-hydrogen) atoms. The quantitative estimate of drug-likeness (QED) is 0.355. The molecular weight excluding hydrogens is 282 g/mol. The van der Waals surface area contributed by atoms with Crippen molar-refractivity contribution >= 4 is 11.9 Å². The van der Waals surface area contributed by atoms with Crippen molar-refractivity contribution in [3.8, 4) is 0 Å². The van der Waals surface area contributed by atoms with Crippen LogP contribution in [0.4, 0.5) is 0 Å². The molecule has 106 valence electrons. The second kappa shape index (κ2) is 19.6. The molecule has 1 unspecified atom stereocenters. The van der Waals surface area contributed by atoms with Gasteiger partial charge in [-0.1, -0.05) is 39.7 Å². The zero-order chi connectivity index (χ0) is 14.6. The SMILES string of the molecule is C=C(CC(=O)[O-])C(=O)[O-].CCCCC(CC)CO.[Na+].[Na+]. The number of carboxylic acids is 2. The molecule has 0 aromatic rings. The standard InChI is InChI=1S/C8H18O.C5H6O4.2Na/c1-3-5-6-8(4-2)7-9;1-3(5(8)9)2-4(6)7;;/h8-9H,3-7H2,1-2H3;1-2H2,(H,6,7)(H,8,9);;/q;;2*+1/p-2. The number of carboxylic acid groups (broad SMARTS) is 2. The van der Waals surface area contributed by atoms with E-state index in [1.807, 2.05) is 0 Å². The Morgan fingerprint density at radius 1 is 1.20 bits per heavy atom. The van der Waals surface area contributed by atoms with Gasteiger partial charge in [-0.15, -0.1) is 0 Å². The second-order valence-corrected chi connectivity index (χ2v) is 4.04. The summed E-state index contributed by atoms with van der Waals surface area (Å²) in [5, 5.41) is 28.1. The molecule has 0 radical (unpaired) electrons. The van der Waals surface area contributed by atoms with Crippen LogP contribution >= 0.6 is 0 Å². The monoisotopic (exact) mass is 304 g/mol. The van der Waals surface area contributed by atoms with Crippen molar-refractivity contribution in [2.75, 3.05) is 6.61 Å². The van der Waals surface area contributed by atoms with E-state index in [0.717, 1.165) is 6.42 Å². The maximum atomic E-state index is 9.73. The molecule has 0 fully saturated rings. The minimum atomic E-state index is -1.56. The van der Waals surface area contributed by atoms with E-state index in [4.69, 9.17) is 5.11 Å². The van der Waals surface area contributed by atoms with Crippen LogP contribution in [0.1, 0.15) is 46.0 Å². The van der Waals surface area contributed by atoms with Gasteiger partial charge in [0.2, 0.25) is 0 Å². The number of carbonyl (C=O) groups excluding carboxylic acids is 2. The van der Waals surface area contributed by atoms with E-state index in [0.29, 0.717) is 12.5 Å². The van der Waals surface area contributed by atoms with Crippen LogP contribution in [-0.2, 0) is 9.59 Å². The first-order valence-corrected chi connectivity index (χ1v) is 6.08. The Balaban J connectivity index is -0.000000116. The largest absolute Gasteiger partial charge is 1.00 e. The number of aliphatic hydroxyl groups excluding tert-OH is 1. The molecule has 0 heterocycles. The maximum Gasteiger partial charge on any atom is 1.00 e. The number of hydrogen-bond acceptors (Lipinski definition) is 5. The third-order valence-electron chi connectivity index (χ3n) is 2.45. The predicted octanol–water partition coefficient (Wildman–Crippen LogP) is -6.36. The van der Waals surface area contributed by atoms with Crippen LogP contribution in [0.25, 0.3) is 0 Å². The summed E-state index contributed by atoms with van der Waals surface area (Å²) < 4.78 is 0. The average Bonchev–Trinajstić information content (AvgIpc) is 2.30. The van der Waals surface area contributed by atoms with Crippen molar-refractivity contribution in [3.05, 3.63) is 12.2 Å². The van der Waals surface area contributed by atoms with Crippen molar-refractivity contribution in [1.29, 1.82) is 0 Å². The van der Waals surface area contributed by atoms with Gasteiger partial charge < -0.3 is 24.9 Å². The van der Waals surface area contributed by atoms with Gasteiger partial charge in [-0.2, -0.15) is 0 Å². The molecule has 0 aromatic heterocycles. The Hall–Kier alpha value is 0.640. The summed E-state index contributed by atoms with van der Waals surface area (Å²) in [6.45, 7) is 7.60. The Labute approximate surface area is 165 Å². The molecule has 7 heteroatoms. The summed E-state index contributed by atoms with van der Waals surface area (Å²) in [6, 6.07) is 0. The summed E-state index contributed by atoms with van der Waals surface area (Å²) in [4.78, 5) is 19.4. The van der Waals surface area contributed by atoms with Gasteiger partial charge >= 0.3 is 59.1 Å². The van der Waals surface area contributed by atoms with E-state index >= 15 is 0 Å². The number of carbonyl (C=O) groups is 2. The third-order valence-corrected chi connectivity index (χ3v) is 2.45. The van der Waals surface area contributed by atoms with Crippen molar-refractivity contribution in [3.63, 3.8) is 0 Å². The van der Waals surface area contributed by atoms with Gasteiger partial charge in [0.25, 0.3) is 0 Å². The van der Waals surface area contributed by atoms with E-state index in [-0.39, 0.29) is 59.1 Å². The van der Waals surface area contributed by atoms with Gasteiger partial charge in [-0.3, -0.25) is 0 Å². The first-order chi connectivity index (χ1) is 8.38. The van der Waals surface area contributed by atoms with Crippen molar-refractivity contribution < 1.29 is 84.0 Å². The molecule has 0 rings (SSSR count). The molecule has 0 aliphatic heterocycles. The molecule has 1 atom stereocenters. The minimum Gasteiger partial charge on any atom is -0.550 e. The normalized spacial score (nSPS) is 9.95. The van der Waals surface area contributed by atoms with E-state index in [1.165, 1.54) is 19.3 Å². The molecule has 1 N–H and O–H groups in total. The maximum absolute atomic E-state index is 9.73. The van der Waals surface area contributed by atoms with Crippen LogP contribution in [0.15, 0.2) is 12.2 Å². The van der Waals surface area contributed by atoms with Gasteiger partial charge in [0.05, 0.1) is 5.97 Å². The molecule has 0 aliphatic carbocycles. The second-order valence-electron chi connectivity index (χ2n) is 4.04. The smallest absolute Gasteiger partial charge is 0.550 e. The number of unbranched alkanes of at least 4 members (excludes halogenated alkanes) is 1. The summed E-state index contributed by atoms with van der Waals surface area (Å²) in [5.41, 5.74) is -0.477. The van der Waals surface area contributed by atoms with E-state index in [2.05, 4.69) is 20.4 Å². The van der Waals surface area contributed by atoms with Crippen LogP contribution in [0.2, 0.25) is 0 Å². The van der Waals surface area contributed by atoms with Crippen LogP contribution < -0.4 is 69.3 Å². The number of hydrogen-bond donors (Lipinski definition) is 1. The molecule has 0 spiro atoms. The molecular formula is C13H22Na2O5. The zero-order valence-electron chi connectivity index (χ0n) is 13.1. The summed E-state index contributed by atoms with van der Waals surface area (Å²) >= 11 is 0. The van der Waals surface area contributed by atoms with E-state index < -0.39 is 23.9 Å². The molecule has 0 bridgehead atoms. The van der Waals surface area contributed by atoms with Crippen molar-refractivity contribution in [2.24, 2.45) is 5.92 Å². The Morgan fingerprint density at radius 3 is 1.90 bits per heavy atom. The summed E-state index contributed by atoms with van der Waals surface area (Å²) in [5.74, 6) is -2.46. The van der Waals surface area contributed by atoms with Crippen molar-refractivity contribution in [2.45, 2.75) is 46.0 Å². The molecule has 5 nitrogen and oxygen atoms in total. The summed E-state index contributed by atoms with van der Waals surface area (Å²) in [6.07, 6.45) is 4.15. The first-order valence-electron chi connectivity index (χ1n) is 6.08. The number of rotatable bonds is 8. The fourth-order valence-corrected chi connectivity index (χ4v) is 1.16. The predicted molar refractivity (Wildman–Crippen MR) is 64.2 cm³/mol. The number of aliphatic carboxylic acids is 2. The van der Waals surface area contributed by atoms with Gasteiger partial charge in [0.1, 0.15) is 0 Å². The molecule has 0 amide bonds. The number of aliphatic hydroxyl groups is 1. The summed E-state index contributed by atoms with van der Waals surface area (Å²) in [7, 11) is 0. The van der Waals surface area contributed by atoms with Crippen LogP contribution in [0.3, 0.4) is 0 Å². The Bertz CT molecular complexity index is 265. The molecule has 0 aliphatic rings. The van der Waals surface area contributed by atoms with Crippen LogP contribution in [-0.4, -0.2) is 23.7 Å². The Kier molecular flexibility index (Phi) is 28.2. The van der Waals surface area contributed by atoms with Gasteiger partial charge in [-0.25, -0.2) is 0 Å². The zero-order valence-corrected chi connectivity index (χ0v) is 17.1. The van der Waals surface area contributed by atoms with E-state index in [9.17, 15) is 19.8 Å². The van der Waals surface area contributed by atoms with Crippen LogP contribution in [0, 0.1) is 5.92 Å². The van der Waals surface area contributed by atoms with Gasteiger partial charge in [0.15, 0.2) is 0 Å². The molecule has 0 saturated carbocycles. The minimum absolute atomic E-state index is 0. The van der Waals surface area contributed by atoms with E-state index in [1.54, 1.807) is 0 Å². The van der Waals surface area contributed by atoms with Crippen LogP contribution in [0.5, 0.6) is 0 Å². The first kappa shape index (κ1) is 28.8. The molecule has 0 aromatic carbocycles. The van der Waals surface area contributed by atoms with Gasteiger partial charge in [-0.05, 0) is 17.9 Å². The fraction of sp³-hybridized carbons (Fsp3) is 0.692. The topological polar surface area (TPSA) is 100 Å². The molecule has 0 saturated heterocycles. The van der Waals surface area contributed by atoms with Crippen molar-refractivity contribution in [1.82, 2.24) is 0 Å². The van der Waals surface area contributed by atoms with Gasteiger partial charge in [0, 0.05) is 19.0 Å². The third kappa shape index (κ3) is 20.9. The average molecular weight is 304 g/mol. The fourth-order valence-electron chi connectivity index (χ4n) is 1.16. The Morgan fingerprint density at radius 2 is 1.70 bits per heavy atom.